The number of aryl methyl sites for hydroxylation is 1. The molecule has 0 aromatic carbocycles. The molecule has 1 N–H and O–H groups in total. The molecule has 24 heavy (non-hydrogen) atoms. The van der Waals surface area contributed by atoms with E-state index < -0.39 is 0 Å². The summed E-state index contributed by atoms with van der Waals surface area (Å²) in [5.74, 6) is 0.868. The quantitative estimate of drug-likeness (QED) is 0.734. The standard InChI is InChI=1S/C15H18N8O/c1-21-8-11(7-20-21)15(24)23-4-2-3-22(5-6-23)14-12-13(17-9-16-12)18-10-19-14/h7-10H,2-6H2,1H3,(H,16,17,18,19). The highest BCUT2D eigenvalue weighted by atomic mass is 16.2. The zero-order valence-electron chi connectivity index (χ0n) is 13.4. The Bertz CT molecular complexity index is 869. The monoisotopic (exact) mass is 326 g/mol. The van der Waals surface area contributed by atoms with Crippen molar-refractivity contribution in [3.63, 3.8) is 0 Å². The summed E-state index contributed by atoms with van der Waals surface area (Å²) in [6, 6.07) is 0. The normalized spacial score (nSPS) is 15.7. The molecule has 0 unspecified atom stereocenters. The third kappa shape index (κ3) is 2.57. The Labute approximate surface area is 138 Å². The Hall–Kier alpha value is -2.97. The number of aromatic amines is 1. The lowest BCUT2D eigenvalue weighted by molar-refractivity contribution is 0.0767. The van der Waals surface area contributed by atoms with E-state index >= 15 is 0 Å². The third-order valence-electron chi connectivity index (χ3n) is 4.24. The van der Waals surface area contributed by atoms with Crippen LogP contribution in [0.5, 0.6) is 0 Å². The molecule has 4 rings (SSSR count). The van der Waals surface area contributed by atoms with Crippen LogP contribution in [0, 0.1) is 0 Å². The summed E-state index contributed by atoms with van der Waals surface area (Å²) in [6.45, 7) is 2.92. The van der Waals surface area contributed by atoms with E-state index in [1.54, 1.807) is 23.4 Å². The Morgan fingerprint density at radius 1 is 1.17 bits per heavy atom. The van der Waals surface area contributed by atoms with Gasteiger partial charge in [0.05, 0.1) is 18.1 Å². The lowest BCUT2D eigenvalue weighted by Crippen LogP contribution is -2.35. The first-order chi connectivity index (χ1) is 11.7. The Morgan fingerprint density at radius 2 is 2.08 bits per heavy atom. The van der Waals surface area contributed by atoms with Crippen molar-refractivity contribution in [2.75, 3.05) is 31.1 Å². The molecule has 0 spiro atoms. The number of hydrogen-bond acceptors (Lipinski definition) is 6. The first-order valence-corrected chi connectivity index (χ1v) is 7.89. The molecule has 0 atom stereocenters. The molecule has 1 saturated heterocycles. The van der Waals surface area contributed by atoms with Crippen LogP contribution in [-0.4, -0.2) is 66.7 Å². The van der Waals surface area contributed by atoms with Crippen LogP contribution in [0.3, 0.4) is 0 Å². The number of nitrogens with zero attached hydrogens (tertiary/aromatic N) is 7. The molecule has 9 heteroatoms. The first-order valence-electron chi connectivity index (χ1n) is 7.89. The van der Waals surface area contributed by atoms with E-state index in [1.165, 1.54) is 6.33 Å². The van der Waals surface area contributed by atoms with Gasteiger partial charge in [0.25, 0.3) is 5.91 Å². The van der Waals surface area contributed by atoms with Gasteiger partial charge in [0.15, 0.2) is 11.5 Å². The predicted molar refractivity (Wildman–Crippen MR) is 87.6 cm³/mol. The van der Waals surface area contributed by atoms with E-state index in [2.05, 4.69) is 29.9 Å². The average molecular weight is 326 g/mol. The highest BCUT2D eigenvalue weighted by Gasteiger charge is 2.23. The van der Waals surface area contributed by atoms with Gasteiger partial charge in [-0.05, 0) is 6.42 Å². The number of carbonyl (C=O) groups is 1. The van der Waals surface area contributed by atoms with Crippen molar-refractivity contribution in [1.82, 2.24) is 34.6 Å². The van der Waals surface area contributed by atoms with E-state index in [0.29, 0.717) is 17.8 Å². The van der Waals surface area contributed by atoms with Gasteiger partial charge >= 0.3 is 0 Å². The largest absolute Gasteiger partial charge is 0.353 e. The van der Waals surface area contributed by atoms with Crippen molar-refractivity contribution in [1.29, 1.82) is 0 Å². The van der Waals surface area contributed by atoms with Gasteiger partial charge in [-0.1, -0.05) is 0 Å². The maximum absolute atomic E-state index is 12.6. The third-order valence-corrected chi connectivity index (χ3v) is 4.24. The maximum atomic E-state index is 12.6. The Balaban J connectivity index is 1.52. The maximum Gasteiger partial charge on any atom is 0.257 e. The first kappa shape index (κ1) is 14.6. The van der Waals surface area contributed by atoms with Crippen molar-refractivity contribution in [2.45, 2.75) is 6.42 Å². The SMILES string of the molecule is Cn1cc(C(=O)N2CCCN(c3ncnc4nc[nH]c34)CC2)cn1. The van der Waals surface area contributed by atoms with Crippen LogP contribution in [0.15, 0.2) is 25.0 Å². The molecule has 1 amide bonds. The van der Waals surface area contributed by atoms with Gasteiger partial charge < -0.3 is 14.8 Å². The molecule has 1 fully saturated rings. The molecule has 3 aromatic heterocycles. The van der Waals surface area contributed by atoms with Gasteiger partial charge in [-0.2, -0.15) is 5.10 Å². The molecular formula is C15H18N8O. The molecule has 1 aliphatic rings. The number of imidazole rings is 1. The van der Waals surface area contributed by atoms with Crippen LogP contribution in [-0.2, 0) is 7.05 Å². The van der Waals surface area contributed by atoms with Crippen molar-refractivity contribution in [3.05, 3.63) is 30.6 Å². The average Bonchev–Trinajstić information content (AvgIpc) is 3.17. The van der Waals surface area contributed by atoms with Crippen LogP contribution < -0.4 is 4.90 Å². The zero-order chi connectivity index (χ0) is 16.5. The molecule has 4 heterocycles. The van der Waals surface area contributed by atoms with Gasteiger partial charge in [0.2, 0.25) is 0 Å². The minimum atomic E-state index is 0.0272. The Morgan fingerprint density at radius 3 is 2.92 bits per heavy atom. The number of aromatic nitrogens is 6. The summed E-state index contributed by atoms with van der Waals surface area (Å²) < 4.78 is 1.65. The van der Waals surface area contributed by atoms with Gasteiger partial charge in [-0.3, -0.25) is 9.48 Å². The lowest BCUT2D eigenvalue weighted by Gasteiger charge is -2.22. The molecule has 9 nitrogen and oxygen atoms in total. The van der Waals surface area contributed by atoms with Crippen LogP contribution in [0.2, 0.25) is 0 Å². The van der Waals surface area contributed by atoms with Gasteiger partial charge in [-0.25, -0.2) is 15.0 Å². The summed E-state index contributed by atoms with van der Waals surface area (Å²) >= 11 is 0. The number of hydrogen-bond donors (Lipinski definition) is 1. The molecule has 3 aromatic rings. The van der Waals surface area contributed by atoms with Crippen LogP contribution >= 0.6 is 0 Å². The fraction of sp³-hybridized carbons (Fsp3) is 0.400. The van der Waals surface area contributed by atoms with Crippen molar-refractivity contribution < 1.29 is 4.79 Å². The van der Waals surface area contributed by atoms with Crippen molar-refractivity contribution in [2.24, 2.45) is 7.05 Å². The number of rotatable bonds is 2. The minimum Gasteiger partial charge on any atom is -0.353 e. The Kier molecular flexibility index (Phi) is 3.60. The zero-order valence-corrected chi connectivity index (χ0v) is 13.4. The smallest absolute Gasteiger partial charge is 0.257 e. The number of H-pyrrole nitrogens is 1. The second-order valence-corrected chi connectivity index (χ2v) is 5.83. The van der Waals surface area contributed by atoms with E-state index in [1.807, 2.05) is 11.9 Å². The molecule has 0 aliphatic carbocycles. The van der Waals surface area contributed by atoms with Crippen LogP contribution in [0.1, 0.15) is 16.8 Å². The second-order valence-electron chi connectivity index (χ2n) is 5.83. The van der Waals surface area contributed by atoms with Crippen molar-refractivity contribution >= 4 is 22.9 Å². The molecular weight excluding hydrogens is 308 g/mol. The molecule has 0 bridgehead atoms. The summed E-state index contributed by atoms with van der Waals surface area (Å²) in [7, 11) is 1.81. The highest BCUT2D eigenvalue weighted by molar-refractivity contribution is 5.93. The molecule has 0 saturated carbocycles. The molecule has 1 aliphatic heterocycles. The summed E-state index contributed by atoms with van der Waals surface area (Å²) in [4.78, 5) is 32.5. The summed E-state index contributed by atoms with van der Waals surface area (Å²) in [5.41, 5.74) is 2.13. The fourth-order valence-electron chi connectivity index (χ4n) is 3.04. The molecule has 0 radical (unpaired) electrons. The number of amides is 1. The van der Waals surface area contributed by atoms with Gasteiger partial charge in [0, 0.05) is 39.4 Å². The fourth-order valence-corrected chi connectivity index (χ4v) is 3.04. The molecule has 124 valence electrons. The predicted octanol–water partition coefficient (Wildman–Crippen LogP) is 0.439. The van der Waals surface area contributed by atoms with E-state index in [9.17, 15) is 4.79 Å². The minimum absolute atomic E-state index is 0.0272. The summed E-state index contributed by atoms with van der Waals surface area (Å²) in [6.07, 6.45) is 7.40. The number of carbonyl (C=O) groups excluding carboxylic acids is 1. The number of fused-ring (bicyclic) bond motifs is 1. The highest BCUT2D eigenvalue weighted by Crippen LogP contribution is 2.21. The summed E-state index contributed by atoms with van der Waals surface area (Å²) in [5, 5.41) is 4.08. The van der Waals surface area contributed by atoms with E-state index in [0.717, 1.165) is 37.4 Å². The topological polar surface area (TPSA) is 95.8 Å². The van der Waals surface area contributed by atoms with Gasteiger partial charge in [0.1, 0.15) is 11.8 Å². The lowest BCUT2D eigenvalue weighted by atomic mass is 10.3. The van der Waals surface area contributed by atoms with Crippen LogP contribution in [0.25, 0.3) is 11.2 Å². The second kappa shape index (κ2) is 5.91. The van der Waals surface area contributed by atoms with E-state index in [-0.39, 0.29) is 5.91 Å². The number of nitrogens with one attached hydrogen (secondary N) is 1. The van der Waals surface area contributed by atoms with Gasteiger partial charge in [-0.15, -0.1) is 0 Å². The van der Waals surface area contributed by atoms with Crippen LogP contribution in [0.4, 0.5) is 5.82 Å². The number of anilines is 1. The van der Waals surface area contributed by atoms with E-state index in [4.69, 9.17) is 0 Å². The van der Waals surface area contributed by atoms with Crippen molar-refractivity contribution in [3.8, 4) is 0 Å².